The summed E-state index contributed by atoms with van der Waals surface area (Å²) in [6, 6.07) is 11.4. The number of pyridine rings is 1. The van der Waals surface area contributed by atoms with Gasteiger partial charge in [-0.2, -0.15) is 4.98 Å². The van der Waals surface area contributed by atoms with Gasteiger partial charge in [0.1, 0.15) is 5.78 Å². The first-order chi connectivity index (χ1) is 10.1. The van der Waals surface area contributed by atoms with Crippen molar-refractivity contribution in [1.29, 1.82) is 0 Å². The zero-order valence-electron chi connectivity index (χ0n) is 12.0. The molecule has 0 aliphatic rings. The smallest absolute Gasteiger partial charge is 0.228 e. The van der Waals surface area contributed by atoms with Gasteiger partial charge < -0.3 is 4.42 Å². The second-order valence-electron chi connectivity index (χ2n) is 5.34. The fourth-order valence-electron chi connectivity index (χ4n) is 2.06. The predicted octanol–water partition coefficient (Wildman–Crippen LogP) is 3.66. The van der Waals surface area contributed by atoms with Crippen molar-refractivity contribution in [3.63, 3.8) is 0 Å². The molecule has 1 aromatic carbocycles. The van der Waals surface area contributed by atoms with E-state index in [1.165, 1.54) is 0 Å². The van der Waals surface area contributed by atoms with E-state index in [4.69, 9.17) is 4.42 Å². The van der Waals surface area contributed by atoms with Gasteiger partial charge in [-0.25, -0.2) is 4.98 Å². The van der Waals surface area contributed by atoms with E-state index < -0.39 is 0 Å². The van der Waals surface area contributed by atoms with Crippen LogP contribution in [-0.2, 0) is 11.2 Å². The zero-order valence-corrected chi connectivity index (χ0v) is 12.0. The predicted molar refractivity (Wildman–Crippen MR) is 80.8 cm³/mol. The van der Waals surface area contributed by atoms with Crippen molar-refractivity contribution in [3.8, 4) is 11.5 Å². The molecule has 0 amide bonds. The summed E-state index contributed by atoms with van der Waals surface area (Å²) in [6.07, 6.45) is 2.16. The Morgan fingerprint density at radius 2 is 1.95 bits per heavy atom. The van der Waals surface area contributed by atoms with Gasteiger partial charge in [0.15, 0.2) is 11.2 Å². The molecule has 106 valence electrons. The van der Waals surface area contributed by atoms with E-state index >= 15 is 0 Å². The van der Waals surface area contributed by atoms with Crippen LogP contribution in [0.15, 0.2) is 47.0 Å². The number of carbonyl (C=O) groups excluding carboxylic acids is 1. The number of ketones is 1. The van der Waals surface area contributed by atoms with Crippen molar-refractivity contribution in [3.05, 3.63) is 48.2 Å². The largest absolute Gasteiger partial charge is 0.434 e. The Hall–Kier alpha value is -2.49. The third kappa shape index (κ3) is 2.84. The maximum absolute atomic E-state index is 11.7. The number of hydrogen-bond acceptors (Lipinski definition) is 4. The van der Waals surface area contributed by atoms with Crippen LogP contribution in [0.5, 0.6) is 0 Å². The number of Topliss-reactive ketones (excluding diaryl/α,β-unsaturated/α-hetero) is 1. The molecular weight excluding hydrogens is 264 g/mol. The van der Waals surface area contributed by atoms with E-state index in [0.717, 1.165) is 11.1 Å². The van der Waals surface area contributed by atoms with Gasteiger partial charge in [-0.1, -0.05) is 26.0 Å². The minimum Gasteiger partial charge on any atom is -0.434 e. The summed E-state index contributed by atoms with van der Waals surface area (Å²) in [6.45, 7) is 3.84. The number of aromatic nitrogens is 2. The fourth-order valence-corrected chi connectivity index (χ4v) is 2.06. The minimum atomic E-state index is 0.0628. The molecule has 4 nitrogen and oxygen atoms in total. The van der Waals surface area contributed by atoms with Crippen molar-refractivity contribution < 1.29 is 9.21 Å². The maximum atomic E-state index is 11.7. The molecule has 3 aromatic rings. The second-order valence-corrected chi connectivity index (χ2v) is 5.34. The van der Waals surface area contributed by atoms with Crippen LogP contribution in [-0.4, -0.2) is 15.8 Å². The van der Waals surface area contributed by atoms with Crippen LogP contribution in [0.2, 0.25) is 0 Å². The molecule has 2 heterocycles. The molecule has 0 bridgehead atoms. The van der Waals surface area contributed by atoms with E-state index in [1.807, 2.05) is 50.2 Å². The molecule has 0 spiro atoms. The Kier molecular flexibility index (Phi) is 3.52. The van der Waals surface area contributed by atoms with Crippen molar-refractivity contribution >= 4 is 17.0 Å². The van der Waals surface area contributed by atoms with Gasteiger partial charge in [-0.15, -0.1) is 0 Å². The topological polar surface area (TPSA) is 56.0 Å². The Morgan fingerprint density at radius 3 is 2.62 bits per heavy atom. The maximum Gasteiger partial charge on any atom is 0.228 e. The van der Waals surface area contributed by atoms with E-state index in [1.54, 1.807) is 6.20 Å². The van der Waals surface area contributed by atoms with Gasteiger partial charge in [0.05, 0.1) is 0 Å². The van der Waals surface area contributed by atoms with Gasteiger partial charge in [-0.3, -0.25) is 4.79 Å². The molecule has 3 rings (SSSR count). The van der Waals surface area contributed by atoms with E-state index in [0.29, 0.717) is 23.5 Å². The molecule has 4 heteroatoms. The second kappa shape index (κ2) is 5.48. The van der Waals surface area contributed by atoms with E-state index in [-0.39, 0.29) is 11.7 Å². The Bertz CT molecular complexity index is 740. The summed E-state index contributed by atoms with van der Waals surface area (Å²) >= 11 is 0. The lowest BCUT2D eigenvalue weighted by atomic mass is 10.0. The van der Waals surface area contributed by atoms with Gasteiger partial charge in [0.25, 0.3) is 0 Å². The monoisotopic (exact) mass is 280 g/mol. The molecule has 0 saturated heterocycles. The molecule has 0 unspecified atom stereocenters. The molecule has 0 atom stereocenters. The van der Waals surface area contributed by atoms with Crippen molar-refractivity contribution in [2.75, 3.05) is 0 Å². The highest BCUT2D eigenvalue weighted by Gasteiger charge is 2.11. The third-order valence-corrected chi connectivity index (χ3v) is 3.39. The number of nitrogens with zero attached hydrogens (tertiary/aromatic N) is 2. The average Bonchev–Trinajstić information content (AvgIpc) is 2.91. The number of carbonyl (C=O) groups is 1. The first kappa shape index (κ1) is 13.5. The molecule has 0 fully saturated rings. The first-order valence-electron chi connectivity index (χ1n) is 6.97. The average molecular weight is 280 g/mol. The lowest BCUT2D eigenvalue weighted by Crippen LogP contribution is -2.09. The highest BCUT2D eigenvalue weighted by atomic mass is 16.3. The standard InChI is InChI=1S/C17H16N2O2/c1-11(2)14(20)10-12-5-7-13(8-6-12)17-19-16-15(21-17)4-3-9-18-16/h3-9,11H,10H2,1-2H3. The SMILES string of the molecule is CC(C)C(=O)Cc1ccc(-c2nc3ncccc3o2)cc1. The molecule has 0 aliphatic carbocycles. The number of rotatable bonds is 4. The van der Waals surface area contributed by atoms with Crippen LogP contribution in [0.3, 0.4) is 0 Å². The number of hydrogen-bond donors (Lipinski definition) is 0. The summed E-state index contributed by atoms with van der Waals surface area (Å²) < 4.78 is 5.67. The van der Waals surface area contributed by atoms with Gasteiger partial charge in [0, 0.05) is 24.1 Å². The quantitative estimate of drug-likeness (QED) is 0.732. The Morgan fingerprint density at radius 1 is 1.19 bits per heavy atom. The number of oxazole rings is 1. The van der Waals surface area contributed by atoms with Crippen molar-refractivity contribution in [1.82, 2.24) is 9.97 Å². The van der Waals surface area contributed by atoms with Crippen LogP contribution in [0.25, 0.3) is 22.7 Å². The molecule has 21 heavy (non-hydrogen) atoms. The lowest BCUT2D eigenvalue weighted by molar-refractivity contribution is -0.121. The molecule has 0 N–H and O–H groups in total. The normalized spacial score (nSPS) is 11.2. The zero-order chi connectivity index (χ0) is 14.8. The Labute approximate surface area is 122 Å². The number of fused-ring (bicyclic) bond motifs is 1. The minimum absolute atomic E-state index is 0.0628. The van der Waals surface area contributed by atoms with Crippen molar-refractivity contribution in [2.45, 2.75) is 20.3 Å². The van der Waals surface area contributed by atoms with Crippen LogP contribution in [0, 0.1) is 5.92 Å². The van der Waals surface area contributed by atoms with Crippen LogP contribution in [0.4, 0.5) is 0 Å². The third-order valence-electron chi connectivity index (χ3n) is 3.39. The van der Waals surface area contributed by atoms with Crippen molar-refractivity contribution in [2.24, 2.45) is 5.92 Å². The molecular formula is C17H16N2O2. The number of benzene rings is 1. The first-order valence-corrected chi connectivity index (χ1v) is 6.97. The molecule has 0 aliphatic heterocycles. The van der Waals surface area contributed by atoms with E-state index in [9.17, 15) is 4.79 Å². The van der Waals surface area contributed by atoms with Gasteiger partial charge >= 0.3 is 0 Å². The fraction of sp³-hybridized carbons (Fsp3) is 0.235. The lowest BCUT2D eigenvalue weighted by Gasteiger charge is -2.04. The summed E-state index contributed by atoms with van der Waals surface area (Å²) in [5, 5.41) is 0. The highest BCUT2D eigenvalue weighted by Crippen LogP contribution is 2.23. The van der Waals surface area contributed by atoms with Crippen LogP contribution in [0.1, 0.15) is 19.4 Å². The van der Waals surface area contributed by atoms with E-state index in [2.05, 4.69) is 9.97 Å². The summed E-state index contributed by atoms with van der Waals surface area (Å²) in [7, 11) is 0. The summed E-state index contributed by atoms with van der Waals surface area (Å²) in [4.78, 5) is 20.3. The highest BCUT2D eigenvalue weighted by molar-refractivity contribution is 5.82. The molecule has 2 aromatic heterocycles. The van der Waals surface area contributed by atoms with Gasteiger partial charge in [0.2, 0.25) is 5.89 Å². The summed E-state index contributed by atoms with van der Waals surface area (Å²) in [5.74, 6) is 0.854. The molecule has 0 saturated carbocycles. The molecule has 0 radical (unpaired) electrons. The van der Waals surface area contributed by atoms with Crippen LogP contribution >= 0.6 is 0 Å². The Balaban J connectivity index is 1.85. The summed E-state index contributed by atoms with van der Waals surface area (Å²) in [5.41, 5.74) is 3.17. The van der Waals surface area contributed by atoms with Crippen LogP contribution < -0.4 is 0 Å². The van der Waals surface area contributed by atoms with Gasteiger partial charge in [-0.05, 0) is 29.8 Å².